The molecule has 0 aliphatic heterocycles. The lowest BCUT2D eigenvalue weighted by Gasteiger charge is -2.14. The second-order valence-electron chi connectivity index (χ2n) is 5.40. The molecular weight excluding hydrogens is 344 g/mol. The first kappa shape index (κ1) is 25.5. The number of hydrogen-bond donors (Lipinski definition) is 1. The maximum Gasteiger partial charge on any atom is 0.145 e. The van der Waals surface area contributed by atoms with Crippen molar-refractivity contribution in [1.29, 1.82) is 0 Å². The fourth-order valence-corrected chi connectivity index (χ4v) is 2.71. The van der Waals surface area contributed by atoms with E-state index in [1.807, 2.05) is 102 Å². The van der Waals surface area contributed by atoms with Gasteiger partial charge in [0.2, 0.25) is 0 Å². The zero-order valence-electron chi connectivity index (χ0n) is 18.3. The zero-order valence-corrected chi connectivity index (χ0v) is 18.3. The number of rotatable bonds is 5. The molecule has 0 radical (unpaired) electrons. The molecule has 0 aliphatic carbocycles. The molecule has 0 spiro atoms. The van der Waals surface area contributed by atoms with Crippen molar-refractivity contribution >= 4 is 16.6 Å². The number of nitrogens with zero attached hydrogens (tertiary/aromatic N) is 1. The number of pyridine rings is 1. The molecule has 0 fully saturated rings. The van der Waals surface area contributed by atoms with Crippen LogP contribution in [0.15, 0.2) is 67.0 Å². The van der Waals surface area contributed by atoms with Gasteiger partial charge in [0.1, 0.15) is 5.78 Å². The molecule has 0 amide bonds. The average molecular weight is 381 g/mol. The Bertz CT molecular complexity index is 785. The molecule has 3 nitrogen and oxygen atoms in total. The van der Waals surface area contributed by atoms with E-state index in [1.54, 1.807) is 6.20 Å². The quantitative estimate of drug-likeness (QED) is 0.576. The highest BCUT2D eigenvalue weighted by Crippen LogP contribution is 2.20. The molecule has 1 heterocycles. The molecule has 152 valence electrons. The van der Waals surface area contributed by atoms with Crippen molar-refractivity contribution in [2.24, 2.45) is 5.73 Å². The molecule has 1 aromatic heterocycles. The molecule has 0 saturated carbocycles. The van der Waals surface area contributed by atoms with Crippen LogP contribution in [0.25, 0.3) is 10.8 Å². The molecule has 1 unspecified atom stereocenters. The van der Waals surface area contributed by atoms with Gasteiger partial charge in [-0.3, -0.25) is 9.78 Å². The van der Waals surface area contributed by atoms with Crippen molar-refractivity contribution in [1.82, 2.24) is 4.98 Å². The zero-order chi connectivity index (χ0) is 21.4. The first-order valence-electron chi connectivity index (χ1n) is 10.4. The van der Waals surface area contributed by atoms with E-state index in [2.05, 4.69) is 4.98 Å². The van der Waals surface area contributed by atoms with Crippen molar-refractivity contribution in [3.63, 3.8) is 0 Å². The van der Waals surface area contributed by atoms with E-state index in [1.165, 1.54) is 0 Å². The lowest BCUT2D eigenvalue weighted by atomic mass is 9.91. The van der Waals surface area contributed by atoms with E-state index < -0.39 is 0 Å². The minimum atomic E-state index is -0.241. The second kappa shape index (κ2) is 15.5. The van der Waals surface area contributed by atoms with Gasteiger partial charge in [-0.1, -0.05) is 90.1 Å². The third kappa shape index (κ3) is 7.61. The first-order chi connectivity index (χ1) is 13.8. The molecule has 1 atom stereocenters. The van der Waals surface area contributed by atoms with E-state index in [0.29, 0.717) is 13.0 Å². The second-order valence-corrected chi connectivity index (χ2v) is 5.40. The summed E-state index contributed by atoms with van der Waals surface area (Å²) >= 11 is 0. The predicted octanol–water partition coefficient (Wildman–Crippen LogP) is 6.17. The Kier molecular flexibility index (Phi) is 14.1. The number of ketones is 1. The van der Waals surface area contributed by atoms with Crippen LogP contribution in [0.2, 0.25) is 0 Å². The molecule has 3 aromatic rings. The molecule has 3 heteroatoms. The van der Waals surface area contributed by atoms with E-state index in [4.69, 9.17) is 5.73 Å². The van der Waals surface area contributed by atoms with Crippen LogP contribution < -0.4 is 5.73 Å². The van der Waals surface area contributed by atoms with E-state index in [-0.39, 0.29) is 11.7 Å². The number of carbonyl (C=O) groups is 1. The van der Waals surface area contributed by atoms with Gasteiger partial charge in [0.25, 0.3) is 0 Å². The summed E-state index contributed by atoms with van der Waals surface area (Å²) in [5, 5.41) is 2.18. The summed E-state index contributed by atoms with van der Waals surface area (Å²) < 4.78 is 0. The number of hydrogen-bond acceptors (Lipinski definition) is 3. The van der Waals surface area contributed by atoms with Gasteiger partial charge in [0, 0.05) is 30.7 Å². The fraction of sp³-hybridized carbons (Fsp3) is 0.360. The van der Waals surface area contributed by atoms with Crippen molar-refractivity contribution in [2.45, 2.75) is 53.9 Å². The highest BCUT2D eigenvalue weighted by molar-refractivity contribution is 5.89. The van der Waals surface area contributed by atoms with Gasteiger partial charge >= 0.3 is 0 Å². The van der Waals surface area contributed by atoms with Gasteiger partial charge in [-0.25, -0.2) is 0 Å². The summed E-state index contributed by atoms with van der Waals surface area (Å²) in [6.45, 7) is 12.3. The molecule has 0 bridgehead atoms. The Morgan fingerprint density at radius 1 is 0.893 bits per heavy atom. The largest absolute Gasteiger partial charge is 0.329 e. The first-order valence-corrected chi connectivity index (χ1v) is 10.4. The molecule has 0 aliphatic rings. The molecular formula is C25H36N2O. The van der Waals surface area contributed by atoms with Crippen LogP contribution in [-0.2, 0) is 11.2 Å². The number of fused-ring (bicyclic) bond motifs is 1. The number of Topliss-reactive ketones (excluding diaryl/α,β-unsaturated/α-hetero) is 1. The average Bonchev–Trinajstić information content (AvgIpc) is 2.79. The fourth-order valence-electron chi connectivity index (χ4n) is 2.71. The minimum Gasteiger partial charge on any atom is -0.329 e. The minimum absolute atomic E-state index is 0.155. The highest BCUT2D eigenvalue weighted by Gasteiger charge is 2.18. The number of benzene rings is 2. The maximum absolute atomic E-state index is 12.6. The lowest BCUT2D eigenvalue weighted by Crippen LogP contribution is -2.23. The molecule has 2 N–H and O–H groups in total. The van der Waals surface area contributed by atoms with Gasteiger partial charge in [-0.2, -0.15) is 0 Å². The van der Waals surface area contributed by atoms with E-state index >= 15 is 0 Å². The van der Waals surface area contributed by atoms with Crippen molar-refractivity contribution in [2.75, 3.05) is 6.54 Å². The highest BCUT2D eigenvalue weighted by atomic mass is 16.1. The van der Waals surface area contributed by atoms with Crippen LogP contribution in [-0.4, -0.2) is 17.3 Å². The van der Waals surface area contributed by atoms with Crippen molar-refractivity contribution in [3.05, 3.63) is 78.1 Å². The van der Waals surface area contributed by atoms with Gasteiger partial charge in [-0.05, 0) is 22.6 Å². The van der Waals surface area contributed by atoms with Crippen LogP contribution in [0.1, 0.15) is 58.6 Å². The molecule has 3 rings (SSSR count). The van der Waals surface area contributed by atoms with Crippen molar-refractivity contribution < 1.29 is 4.79 Å². The summed E-state index contributed by atoms with van der Waals surface area (Å²) in [6, 6.07) is 17.7. The Labute approximate surface area is 171 Å². The van der Waals surface area contributed by atoms with E-state index in [9.17, 15) is 4.79 Å². The predicted molar refractivity (Wildman–Crippen MR) is 123 cm³/mol. The summed E-state index contributed by atoms with van der Waals surface area (Å²) in [5.74, 6) is -0.0866. The van der Waals surface area contributed by atoms with E-state index in [0.717, 1.165) is 21.9 Å². The van der Waals surface area contributed by atoms with Crippen LogP contribution >= 0.6 is 0 Å². The smallest absolute Gasteiger partial charge is 0.145 e. The maximum atomic E-state index is 12.6. The van der Waals surface area contributed by atoms with Crippen LogP contribution in [0.3, 0.4) is 0 Å². The normalized spacial score (nSPS) is 10.2. The van der Waals surface area contributed by atoms with Gasteiger partial charge < -0.3 is 5.73 Å². The Morgan fingerprint density at radius 2 is 1.54 bits per heavy atom. The number of nitrogens with two attached hydrogens (primary N) is 1. The van der Waals surface area contributed by atoms with Crippen LogP contribution in [0, 0.1) is 0 Å². The Balaban J connectivity index is 0.00000111. The summed E-state index contributed by atoms with van der Waals surface area (Å²) in [5.41, 5.74) is 7.82. The molecule has 0 saturated heterocycles. The molecule has 2 aromatic carbocycles. The van der Waals surface area contributed by atoms with Crippen LogP contribution in [0.5, 0.6) is 0 Å². The van der Waals surface area contributed by atoms with Crippen molar-refractivity contribution in [3.8, 4) is 0 Å². The topological polar surface area (TPSA) is 56.0 Å². The monoisotopic (exact) mass is 380 g/mol. The summed E-state index contributed by atoms with van der Waals surface area (Å²) in [7, 11) is 0. The van der Waals surface area contributed by atoms with Gasteiger partial charge in [0.05, 0.1) is 5.92 Å². The number of carbonyl (C=O) groups excluding carboxylic acids is 1. The Morgan fingerprint density at radius 3 is 2.14 bits per heavy atom. The van der Waals surface area contributed by atoms with Gasteiger partial charge in [-0.15, -0.1) is 0 Å². The molecule has 28 heavy (non-hydrogen) atoms. The van der Waals surface area contributed by atoms with Gasteiger partial charge in [0.15, 0.2) is 0 Å². The van der Waals surface area contributed by atoms with Crippen LogP contribution in [0.4, 0.5) is 0 Å². The standard InChI is InChI=1S/C19H18N2O.3C2H6/c20-12-18(15-4-2-1-3-5-15)19(22)11-14-6-7-17-13-21-9-8-16(17)10-14;3*1-2/h1-10,13,18H,11-12,20H2;3*1-2H3. The third-order valence-electron chi connectivity index (χ3n) is 3.91. The summed E-state index contributed by atoms with van der Waals surface area (Å²) in [4.78, 5) is 16.7. The Hall–Kier alpha value is -2.52. The number of aromatic nitrogens is 1. The SMILES string of the molecule is CC.CC.CC.NCC(C(=O)Cc1ccc2cnccc2c1)c1ccccc1. The lowest BCUT2D eigenvalue weighted by molar-refractivity contribution is -0.119. The summed E-state index contributed by atoms with van der Waals surface area (Å²) in [6.07, 6.45) is 3.99. The third-order valence-corrected chi connectivity index (χ3v) is 3.91.